The summed E-state index contributed by atoms with van der Waals surface area (Å²) in [4.78, 5) is 11.2. The maximum atomic E-state index is 11.2. The van der Waals surface area contributed by atoms with Crippen LogP contribution in [-0.4, -0.2) is 11.9 Å². The van der Waals surface area contributed by atoms with E-state index in [0.29, 0.717) is 12.3 Å². The molecule has 4 heteroatoms. The molecular weight excluding hydrogens is 168 g/mol. The molecule has 1 aromatic heterocycles. The summed E-state index contributed by atoms with van der Waals surface area (Å²) in [6.07, 6.45) is 0.305. The van der Waals surface area contributed by atoms with Crippen LogP contribution in [0.15, 0.2) is 16.5 Å². The number of hydrogen-bond donors (Lipinski definition) is 2. The molecule has 72 valence electrons. The van der Waals surface area contributed by atoms with Crippen LogP contribution in [0.25, 0.3) is 0 Å². The van der Waals surface area contributed by atoms with Crippen molar-refractivity contribution in [3.05, 3.63) is 17.9 Å². The summed E-state index contributed by atoms with van der Waals surface area (Å²) < 4.78 is 5.16. The van der Waals surface area contributed by atoms with Crippen LogP contribution in [0.5, 0.6) is 0 Å². The molecule has 4 nitrogen and oxygen atoms in total. The number of hydrogen-bond acceptors (Lipinski definition) is 3. The fourth-order valence-corrected chi connectivity index (χ4v) is 0.983. The third-order valence-corrected chi connectivity index (χ3v) is 1.51. The minimum atomic E-state index is -0.129. The van der Waals surface area contributed by atoms with E-state index >= 15 is 0 Å². The normalized spacial score (nSPS) is 12.5. The van der Waals surface area contributed by atoms with Crippen molar-refractivity contribution in [2.45, 2.75) is 26.3 Å². The Kier molecular flexibility index (Phi) is 3.08. The van der Waals surface area contributed by atoms with Crippen LogP contribution in [-0.2, 0) is 4.79 Å². The SMILES string of the molecule is Cc1ccc(NC(=O)CC(C)N)o1. The van der Waals surface area contributed by atoms with Gasteiger partial charge in [0.1, 0.15) is 5.76 Å². The first-order valence-electron chi connectivity index (χ1n) is 4.20. The Morgan fingerprint density at radius 1 is 1.69 bits per heavy atom. The van der Waals surface area contributed by atoms with Gasteiger partial charge in [-0.05, 0) is 19.9 Å². The van der Waals surface area contributed by atoms with Crippen LogP contribution < -0.4 is 11.1 Å². The van der Waals surface area contributed by atoms with Gasteiger partial charge in [0.15, 0.2) is 5.88 Å². The van der Waals surface area contributed by atoms with Crippen LogP contribution >= 0.6 is 0 Å². The van der Waals surface area contributed by atoms with Gasteiger partial charge in [0.05, 0.1) is 0 Å². The number of carbonyl (C=O) groups is 1. The molecule has 0 fully saturated rings. The van der Waals surface area contributed by atoms with Gasteiger partial charge in [-0.1, -0.05) is 0 Å². The van der Waals surface area contributed by atoms with Crippen LogP contribution in [0, 0.1) is 6.92 Å². The molecule has 0 bridgehead atoms. The van der Waals surface area contributed by atoms with Crippen molar-refractivity contribution >= 4 is 11.8 Å². The van der Waals surface area contributed by atoms with E-state index in [4.69, 9.17) is 10.2 Å². The highest BCUT2D eigenvalue weighted by Gasteiger charge is 2.06. The quantitative estimate of drug-likeness (QED) is 0.739. The summed E-state index contributed by atoms with van der Waals surface area (Å²) in [6, 6.07) is 3.38. The largest absolute Gasteiger partial charge is 0.446 e. The van der Waals surface area contributed by atoms with E-state index in [2.05, 4.69) is 5.32 Å². The van der Waals surface area contributed by atoms with Crippen molar-refractivity contribution in [2.24, 2.45) is 5.73 Å². The molecule has 1 unspecified atom stereocenters. The van der Waals surface area contributed by atoms with Gasteiger partial charge in [-0.2, -0.15) is 0 Å². The highest BCUT2D eigenvalue weighted by atomic mass is 16.4. The van der Waals surface area contributed by atoms with Gasteiger partial charge in [0.2, 0.25) is 5.91 Å². The molecule has 0 aliphatic heterocycles. The minimum Gasteiger partial charge on any atom is -0.446 e. The molecule has 1 aromatic rings. The molecule has 0 aliphatic rings. The second-order valence-electron chi connectivity index (χ2n) is 3.14. The Morgan fingerprint density at radius 3 is 2.85 bits per heavy atom. The smallest absolute Gasteiger partial charge is 0.228 e. The van der Waals surface area contributed by atoms with Gasteiger partial charge in [0.25, 0.3) is 0 Å². The van der Waals surface area contributed by atoms with E-state index in [-0.39, 0.29) is 11.9 Å². The fourth-order valence-electron chi connectivity index (χ4n) is 0.983. The lowest BCUT2D eigenvalue weighted by molar-refractivity contribution is -0.116. The minimum absolute atomic E-state index is 0.121. The van der Waals surface area contributed by atoms with E-state index in [1.165, 1.54) is 0 Å². The Bertz CT molecular complexity index is 292. The molecule has 13 heavy (non-hydrogen) atoms. The first-order valence-corrected chi connectivity index (χ1v) is 4.20. The molecule has 1 atom stereocenters. The van der Waals surface area contributed by atoms with Crippen molar-refractivity contribution in [1.29, 1.82) is 0 Å². The zero-order valence-electron chi connectivity index (χ0n) is 7.83. The number of anilines is 1. The third kappa shape index (κ3) is 3.29. The predicted octanol–water partition coefficient (Wildman–Crippen LogP) is 1.26. The molecule has 0 radical (unpaired) electrons. The molecular formula is C9H14N2O2. The lowest BCUT2D eigenvalue weighted by atomic mass is 10.2. The maximum Gasteiger partial charge on any atom is 0.228 e. The van der Waals surface area contributed by atoms with Crippen molar-refractivity contribution in [3.8, 4) is 0 Å². The number of carbonyl (C=O) groups excluding carboxylic acids is 1. The Labute approximate surface area is 77.1 Å². The maximum absolute atomic E-state index is 11.2. The summed E-state index contributed by atoms with van der Waals surface area (Å²) in [7, 11) is 0. The van der Waals surface area contributed by atoms with Gasteiger partial charge in [-0.25, -0.2) is 0 Å². The molecule has 0 saturated carbocycles. The van der Waals surface area contributed by atoms with Crippen LogP contribution in [0.2, 0.25) is 0 Å². The Morgan fingerprint density at radius 2 is 2.38 bits per heavy atom. The average Bonchev–Trinajstić information content (AvgIpc) is 2.33. The van der Waals surface area contributed by atoms with Crippen molar-refractivity contribution in [3.63, 3.8) is 0 Å². The molecule has 0 saturated heterocycles. The highest BCUT2D eigenvalue weighted by molar-refractivity contribution is 5.89. The lowest BCUT2D eigenvalue weighted by Gasteiger charge is -2.03. The Hall–Kier alpha value is -1.29. The number of furan rings is 1. The van der Waals surface area contributed by atoms with E-state index in [0.717, 1.165) is 5.76 Å². The van der Waals surface area contributed by atoms with Crippen molar-refractivity contribution in [2.75, 3.05) is 5.32 Å². The molecule has 1 rings (SSSR count). The standard InChI is InChI=1S/C9H14N2O2/c1-6(10)5-8(12)11-9-4-3-7(2)13-9/h3-4,6H,5,10H2,1-2H3,(H,11,12). The second-order valence-corrected chi connectivity index (χ2v) is 3.14. The summed E-state index contributed by atoms with van der Waals surface area (Å²) in [6.45, 7) is 3.61. The van der Waals surface area contributed by atoms with Crippen molar-refractivity contribution in [1.82, 2.24) is 0 Å². The molecule has 0 aromatic carbocycles. The van der Waals surface area contributed by atoms with Gasteiger partial charge in [0, 0.05) is 18.5 Å². The monoisotopic (exact) mass is 182 g/mol. The second kappa shape index (κ2) is 4.09. The molecule has 3 N–H and O–H groups in total. The first kappa shape index (κ1) is 9.80. The zero-order chi connectivity index (χ0) is 9.84. The van der Waals surface area contributed by atoms with Crippen LogP contribution in [0.1, 0.15) is 19.1 Å². The van der Waals surface area contributed by atoms with Gasteiger partial charge >= 0.3 is 0 Å². The summed E-state index contributed by atoms with van der Waals surface area (Å²) in [5.74, 6) is 1.13. The number of aryl methyl sites for hydroxylation is 1. The first-order chi connectivity index (χ1) is 6.08. The van der Waals surface area contributed by atoms with E-state index < -0.39 is 0 Å². The van der Waals surface area contributed by atoms with E-state index in [1.807, 2.05) is 6.92 Å². The average molecular weight is 182 g/mol. The van der Waals surface area contributed by atoms with Gasteiger partial charge < -0.3 is 10.2 Å². The van der Waals surface area contributed by atoms with Crippen LogP contribution in [0.4, 0.5) is 5.88 Å². The third-order valence-electron chi connectivity index (χ3n) is 1.51. The molecule has 1 amide bonds. The lowest BCUT2D eigenvalue weighted by Crippen LogP contribution is -2.23. The summed E-state index contributed by atoms with van der Waals surface area (Å²) in [5, 5.41) is 2.61. The highest BCUT2D eigenvalue weighted by Crippen LogP contribution is 2.11. The van der Waals surface area contributed by atoms with Gasteiger partial charge in [-0.15, -0.1) is 0 Å². The van der Waals surface area contributed by atoms with E-state index in [1.54, 1.807) is 19.1 Å². The molecule has 1 heterocycles. The Balaban J connectivity index is 2.45. The number of nitrogens with two attached hydrogens (primary N) is 1. The van der Waals surface area contributed by atoms with E-state index in [9.17, 15) is 4.79 Å². The summed E-state index contributed by atoms with van der Waals surface area (Å²) >= 11 is 0. The van der Waals surface area contributed by atoms with Crippen LogP contribution in [0.3, 0.4) is 0 Å². The molecule has 0 aliphatic carbocycles. The predicted molar refractivity (Wildman–Crippen MR) is 50.3 cm³/mol. The topological polar surface area (TPSA) is 68.3 Å². The number of rotatable bonds is 3. The summed E-state index contributed by atoms with van der Waals surface area (Å²) in [5.41, 5.74) is 5.46. The number of nitrogens with one attached hydrogen (secondary N) is 1. The van der Waals surface area contributed by atoms with Crippen molar-refractivity contribution < 1.29 is 9.21 Å². The molecule has 0 spiro atoms. The fraction of sp³-hybridized carbons (Fsp3) is 0.444. The number of amides is 1. The van der Waals surface area contributed by atoms with Gasteiger partial charge in [-0.3, -0.25) is 10.1 Å². The zero-order valence-corrected chi connectivity index (χ0v) is 7.83.